The van der Waals surface area contributed by atoms with Crippen molar-refractivity contribution in [1.82, 2.24) is 14.9 Å². The Morgan fingerprint density at radius 2 is 2.19 bits per heavy atom. The molecule has 6 heteroatoms. The number of ether oxygens (including phenoxy) is 2. The van der Waals surface area contributed by atoms with Gasteiger partial charge in [-0.3, -0.25) is 9.36 Å². The molecule has 114 valence electrons. The van der Waals surface area contributed by atoms with Gasteiger partial charge in [0.1, 0.15) is 5.75 Å². The molecule has 0 saturated carbocycles. The largest absolute Gasteiger partial charge is 0.497 e. The van der Waals surface area contributed by atoms with Gasteiger partial charge in [0, 0.05) is 25.6 Å². The molecule has 2 aromatic rings. The summed E-state index contributed by atoms with van der Waals surface area (Å²) in [5, 5.41) is 2.86. The summed E-state index contributed by atoms with van der Waals surface area (Å²) in [6.45, 7) is 5.43. The van der Waals surface area contributed by atoms with Crippen LogP contribution < -0.4 is 14.8 Å². The Morgan fingerprint density at radius 1 is 1.38 bits per heavy atom. The van der Waals surface area contributed by atoms with E-state index in [0.717, 1.165) is 16.8 Å². The first-order chi connectivity index (χ1) is 10.2. The number of nitrogens with one attached hydrogen (secondary N) is 1. The topological polar surface area (TPSA) is 65.4 Å². The maximum atomic E-state index is 11.3. The normalized spacial score (nSPS) is 10.6. The maximum absolute atomic E-state index is 11.3. The molecule has 0 fully saturated rings. The standard InChI is InChI=1S/C15H21N3O3/c1-4-14(19)16-8-9-18-13-10-11(20-3)6-7-12(13)17-15(18)21-5-2/h6-7,10H,4-5,8-9H2,1-3H3,(H,16,19). The lowest BCUT2D eigenvalue weighted by Crippen LogP contribution is -2.26. The first kappa shape index (κ1) is 15.2. The average molecular weight is 291 g/mol. The van der Waals surface area contributed by atoms with Crippen LogP contribution in [0.25, 0.3) is 11.0 Å². The average Bonchev–Trinajstić information content (AvgIpc) is 2.84. The molecule has 2 rings (SSSR count). The number of benzene rings is 1. The van der Waals surface area contributed by atoms with E-state index in [4.69, 9.17) is 9.47 Å². The number of fused-ring (bicyclic) bond motifs is 1. The zero-order valence-corrected chi connectivity index (χ0v) is 12.7. The molecule has 1 heterocycles. The maximum Gasteiger partial charge on any atom is 0.297 e. The smallest absolute Gasteiger partial charge is 0.297 e. The predicted octanol–water partition coefficient (Wildman–Crippen LogP) is 1.97. The lowest BCUT2D eigenvalue weighted by molar-refractivity contribution is -0.120. The molecule has 0 aliphatic rings. The van der Waals surface area contributed by atoms with Gasteiger partial charge in [-0.15, -0.1) is 0 Å². The SMILES string of the molecule is CCOc1nc2ccc(OC)cc2n1CCNC(=O)CC. The first-order valence-corrected chi connectivity index (χ1v) is 7.13. The van der Waals surface area contributed by atoms with E-state index in [1.807, 2.05) is 36.6 Å². The lowest BCUT2D eigenvalue weighted by atomic mass is 10.3. The molecule has 1 aromatic carbocycles. The molecule has 0 aliphatic heterocycles. The van der Waals surface area contributed by atoms with E-state index in [0.29, 0.717) is 32.1 Å². The zero-order valence-electron chi connectivity index (χ0n) is 12.7. The molecule has 0 unspecified atom stereocenters. The van der Waals surface area contributed by atoms with Crippen molar-refractivity contribution in [3.63, 3.8) is 0 Å². The number of amides is 1. The molecule has 0 spiro atoms. The van der Waals surface area contributed by atoms with Gasteiger partial charge in [-0.1, -0.05) is 6.92 Å². The Balaban J connectivity index is 2.28. The number of rotatable bonds is 7. The summed E-state index contributed by atoms with van der Waals surface area (Å²) >= 11 is 0. The number of carbonyl (C=O) groups excluding carboxylic acids is 1. The van der Waals surface area contributed by atoms with Gasteiger partial charge in [0.15, 0.2) is 0 Å². The number of methoxy groups -OCH3 is 1. The number of imidazole rings is 1. The molecule has 0 saturated heterocycles. The molecule has 0 atom stereocenters. The molecule has 1 aromatic heterocycles. The highest BCUT2D eigenvalue weighted by atomic mass is 16.5. The number of aromatic nitrogens is 2. The summed E-state index contributed by atoms with van der Waals surface area (Å²) < 4.78 is 12.8. The number of nitrogens with zero attached hydrogens (tertiary/aromatic N) is 2. The van der Waals surface area contributed by atoms with Gasteiger partial charge in [0.25, 0.3) is 6.01 Å². The molecular weight excluding hydrogens is 270 g/mol. The van der Waals surface area contributed by atoms with E-state index in [1.165, 1.54) is 0 Å². The Morgan fingerprint density at radius 3 is 2.86 bits per heavy atom. The van der Waals surface area contributed by atoms with Gasteiger partial charge in [-0.2, -0.15) is 4.98 Å². The van der Waals surface area contributed by atoms with E-state index in [1.54, 1.807) is 7.11 Å². The number of carbonyl (C=O) groups is 1. The van der Waals surface area contributed by atoms with Crippen LogP contribution in [0.2, 0.25) is 0 Å². The van der Waals surface area contributed by atoms with Crippen LogP contribution in [0.1, 0.15) is 20.3 Å². The molecule has 6 nitrogen and oxygen atoms in total. The quantitative estimate of drug-likeness (QED) is 0.847. The van der Waals surface area contributed by atoms with Crippen molar-refractivity contribution in [2.45, 2.75) is 26.8 Å². The third-order valence-corrected chi connectivity index (χ3v) is 3.17. The minimum Gasteiger partial charge on any atom is -0.497 e. The second-order valence-electron chi connectivity index (χ2n) is 4.54. The molecule has 0 aliphatic carbocycles. The van der Waals surface area contributed by atoms with Crippen LogP contribution in [0, 0.1) is 0 Å². The fraction of sp³-hybridized carbons (Fsp3) is 0.467. The second kappa shape index (κ2) is 6.97. The Bertz CT molecular complexity index is 622. The summed E-state index contributed by atoms with van der Waals surface area (Å²) in [6, 6.07) is 6.25. The molecular formula is C15H21N3O3. The van der Waals surface area contributed by atoms with Crippen LogP contribution in [-0.2, 0) is 11.3 Å². The van der Waals surface area contributed by atoms with E-state index in [2.05, 4.69) is 10.3 Å². The van der Waals surface area contributed by atoms with Crippen LogP contribution in [-0.4, -0.2) is 35.7 Å². The predicted molar refractivity (Wildman–Crippen MR) is 80.8 cm³/mol. The van der Waals surface area contributed by atoms with E-state index < -0.39 is 0 Å². The van der Waals surface area contributed by atoms with Crippen LogP contribution in [0.5, 0.6) is 11.8 Å². The lowest BCUT2D eigenvalue weighted by Gasteiger charge is -2.10. The Hall–Kier alpha value is -2.24. The fourth-order valence-electron chi connectivity index (χ4n) is 2.09. The van der Waals surface area contributed by atoms with Gasteiger partial charge < -0.3 is 14.8 Å². The molecule has 1 N–H and O–H groups in total. The van der Waals surface area contributed by atoms with Crippen molar-refractivity contribution in [2.24, 2.45) is 0 Å². The molecule has 0 bridgehead atoms. The Kier molecular flexibility index (Phi) is 5.03. The van der Waals surface area contributed by atoms with Crippen molar-refractivity contribution in [1.29, 1.82) is 0 Å². The fourth-order valence-corrected chi connectivity index (χ4v) is 2.09. The summed E-state index contributed by atoms with van der Waals surface area (Å²) in [4.78, 5) is 15.8. The third-order valence-electron chi connectivity index (χ3n) is 3.17. The number of hydrogen-bond acceptors (Lipinski definition) is 4. The van der Waals surface area contributed by atoms with Gasteiger partial charge in [0.2, 0.25) is 5.91 Å². The second-order valence-corrected chi connectivity index (χ2v) is 4.54. The van der Waals surface area contributed by atoms with Crippen molar-refractivity contribution in [3.8, 4) is 11.8 Å². The summed E-state index contributed by atoms with van der Waals surface area (Å²) in [5.74, 6) is 0.805. The van der Waals surface area contributed by atoms with Gasteiger partial charge >= 0.3 is 0 Å². The van der Waals surface area contributed by atoms with Crippen LogP contribution in [0.15, 0.2) is 18.2 Å². The minimum atomic E-state index is 0.0370. The molecule has 0 radical (unpaired) electrons. The van der Waals surface area contributed by atoms with Crippen molar-refractivity contribution < 1.29 is 14.3 Å². The van der Waals surface area contributed by atoms with Crippen molar-refractivity contribution in [2.75, 3.05) is 20.3 Å². The third kappa shape index (κ3) is 3.45. The van der Waals surface area contributed by atoms with E-state index in [9.17, 15) is 4.79 Å². The highest BCUT2D eigenvalue weighted by molar-refractivity contribution is 5.78. The van der Waals surface area contributed by atoms with Crippen LogP contribution >= 0.6 is 0 Å². The number of hydrogen-bond donors (Lipinski definition) is 1. The first-order valence-electron chi connectivity index (χ1n) is 7.13. The highest BCUT2D eigenvalue weighted by Gasteiger charge is 2.12. The molecule has 1 amide bonds. The van der Waals surface area contributed by atoms with Crippen molar-refractivity contribution >= 4 is 16.9 Å². The van der Waals surface area contributed by atoms with Crippen LogP contribution in [0.3, 0.4) is 0 Å². The summed E-state index contributed by atoms with van der Waals surface area (Å²) in [5.41, 5.74) is 1.78. The van der Waals surface area contributed by atoms with Crippen molar-refractivity contribution in [3.05, 3.63) is 18.2 Å². The van der Waals surface area contributed by atoms with Crippen LogP contribution in [0.4, 0.5) is 0 Å². The minimum absolute atomic E-state index is 0.0370. The summed E-state index contributed by atoms with van der Waals surface area (Å²) in [6.07, 6.45) is 0.483. The van der Waals surface area contributed by atoms with E-state index >= 15 is 0 Å². The van der Waals surface area contributed by atoms with E-state index in [-0.39, 0.29) is 5.91 Å². The molecule has 21 heavy (non-hydrogen) atoms. The highest BCUT2D eigenvalue weighted by Crippen LogP contribution is 2.25. The zero-order chi connectivity index (χ0) is 15.2. The Labute approximate surface area is 124 Å². The summed E-state index contributed by atoms with van der Waals surface area (Å²) in [7, 11) is 1.63. The monoisotopic (exact) mass is 291 g/mol. The van der Waals surface area contributed by atoms with Gasteiger partial charge in [-0.05, 0) is 19.1 Å². The van der Waals surface area contributed by atoms with Gasteiger partial charge in [-0.25, -0.2) is 0 Å². The van der Waals surface area contributed by atoms with Gasteiger partial charge in [0.05, 0.1) is 24.8 Å².